The lowest BCUT2D eigenvalue weighted by Crippen LogP contribution is -2.31. The number of rotatable bonds is 1. The third-order valence-electron chi connectivity index (χ3n) is 4.55. The van der Waals surface area contributed by atoms with E-state index in [9.17, 15) is 0 Å². The van der Waals surface area contributed by atoms with E-state index in [0.717, 1.165) is 37.4 Å². The fraction of sp³-hybridized carbons (Fsp3) is 0.353. The molecule has 0 atom stereocenters. The molecule has 0 unspecified atom stereocenters. The largest absolute Gasteiger partial charge is 0.398 e. The van der Waals surface area contributed by atoms with Crippen LogP contribution in [-0.2, 0) is 25.8 Å². The number of anilines is 2. The molecule has 4 rings (SSSR count). The molecule has 102 valence electrons. The molecule has 0 saturated heterocycles. The van der Waals surface area contributed by atoms with Gasteiger partial charge in [-0.25, -0.2) is 4.98 Å². The molecule has 0 saturated carbocycles. The summed E-state index contributed by atoms with van der Waals surface area (Å²) in [6.45, 7) is 1.91. The van der Waals surface area contributed by atoms with Crippen molar-refractivity contribution in [1.82, 2.24) is 4.98 Å². The van der Waals surface area contributed by atoms with E-state index in [1.807, 2.05) is 6.07 Å². The van der Waals surface area contributed by atoms with E-state index in [1.54, 1.807) is 0 Å². The zero-order chi connectivity index (χ0) is 13.5. The zero-order valence-electron chi connectivity index (χ0n) is 11.6. The van der Waals surface area contributed by atoms with Gasteiger partial charge < -0.3 is 10.6 Å². The number of hydrogen-bond donors (Lipinski definition) is 1. The highest BCUT2D eigenvalue weighted by Crippen LogP contribution is 2.29. The normalized spacial score (nSPS) is 16.9. The summed E-state index contributed by atoms with van der Waals surface area (Å²) < 4.78 is 0. The highest BCUT2D eigenvalue weighted by molar-refractivity contribution is 5.56. The Morgan fingerprint density at radius 3 is 2.90 bits per heavy atom. The van der Waals surface area contributed by atoms with Crippen LogP contribution in [0.1, 0.15) is 28.8 Å². The Balaban J connectivity index is 1.66. The average molecular weight is 265 g/mol. The van der Waals surface area contributed by atoms with Crippen molar-refractivity contribution >= 4 is 11.5 Å². The summed E-state index contributed by atoms with van der Waals surface area (Å²) in [7, 11) is 0. The second-order valence-corrected chi connectivity index (χ2v) is 5.79. The molecule has 2 aromatic rings. The van der Waals surface area contributed by atoms with Gasteiger partial charge in [0.05, 0.1) is 0 Å². The molecular formula is C17H19N3. The third kappa shape index (κ3) is 1.85. The van der Waals surface area contributed by atoms with Gasteiger partial charge >= 0.3 is 0 Å². The molecule has 1 aromatic carbocycles. The Labute approximate surface area is 119 Å². The molecule has 0 amide bonds. The van der Waals surface area contributed by atoms with Crippen molar-refractivity contribution < 1.29 is 0 Å². The van der Waals surface area contributed by atoms with E-state index in [2.05, 4.69) is 29.2 Å². The molecule has 2 N–H and O–H groups in total. The highest BCUT2D eigenvalue weighted by Gasteiger charge is 2.21. The molecule has 1 aliphatic carbocycles. The highest BCUT2D eigenvalue weighted by atomic mass is 15.2. The van der Waals surface area contributed by atoms with Gasteiger partial charge in [-0.05, 0) is 54.5 Å². The number of nitrogens with zero attached hydrogens (tertiary/aromatic N) is 2. The first-order chi connectivity index (χ1) is 9.81. The molecule has 0 bridgehead atoms. The molecule has 1 aromatic heterocycles. The molecule has 0 radical (unpaired) electrons. The Morgan fingerprint density at radius 1 is 1.00 bits per heavy atom. The smallest absolute Gasteiger partial charge is 0.129 e. The second-order valence-electron chi connectivity index (χ2n) is 5.79. The van der Waals surface area contributed by atoms with Crippen molar-refractivity contribution in [2.45, 2.75) is 32.2 Å². The first kappa shape index (κ1) is 11.8. The van der Waals surface area contributed by atoms with Crippen LogP contribution in [0.25, 0.3) is 0 Å². The molecule has 0 fully saturated rings. The second kappa shape index (κ2) is 4.51. The van der Waals surface area contributed by atoms with Crippen LogP contribution in [0.4, 0.5) is 11.5 Å². The van der Waals surface area contributed by atoms with E-state index >= 15 is 0 Å². The standard InChI is InChI=1S/C17H19N3/c18-15-5-1-3-12-9-10-20(11-14(12)15)17-8-7-13-4-2-6-16(13)19-17/h1,3,5,7-8H,2,4,6,9-11,18H2. The van der Waals surface area contributed by atoms with E-state index in [0.29, 0.717) is 0 Å². The molecule has 2 aliphatic rings. The van der Waals surface area contributed by atoms with E-state index in [-0.39, 0.29) is 0 Å². The van der Waals surface area contributed by atoms with Crippen molar-refractivity contribution in [3.05, 3.63) is 52.7 Å². The van der Waals surface area contributed by atoms with Gasteiger partial charge in [0.1, 0.15) is 5.82 Å². The first-order valence-corrected chi connectivity index (χ1v) is 7.41. The molecule has 3 heteroatoms. The number of benzene rings is 1. The van der Waals surface area contributed by atoms with E-state index in [4.69, 9.17) is 10.7 Å². The SMILES string of the molecule is Nc1cccc2c1CN(c1ccc3c(n1)CCC3)CC2. The summed E-state index contributed by atoms with van der Waals surface area (Å²) in [6, 6.07) is 10.7. The van der Waals surface area contributed by atoms with E-state index in [1.165, 1.54) is 35.2 Å². The van der Waals surface area contributed by atoms with Crippen molar-refractivity contribution in [3.63, 3.8) is 0 Å². The fourth-order valence-electron chi connectivity index (χ4n) is 3.39. The Bertz CT molecular complexity index is 663. The summed E-state index contributed by atoms with van der Waals surface area (Å²) in [5.74, 6) is 1.11. The van der Waals surface area contributed by atoms with Gasteiger partial charge in [-0.2, -0.15) is 0 Å². The summed E-state index contributed by atoms with van der Waals surface area (Å²) in [5, 5.41) is 0. The van der Waals surface area contributed by atoms with Crippen LogP contribution < -0.4 is 10.6 Å². The summed E-state index contributed by atoms with van der Waals surface area (Å²) in [6.07, 6.45) is 4.63. The lowest BCUT2D eigenvalue weighted by molar-refractivity contribution is 0.720. The topological polar surface area (TPSA) is 42.1 Å². The lowest BCUT2D eigenvalue weighted by Gasteiger charge is -2.31. The Hall–Kier alpha value is -2.03. The zero-order valence-corrected chi connectivity index (χ0v) is 11.6. The summed E-state index contributed by atoms with van der Waals surface area (Å²) in [4.78, 5) is 7.22. The van der Waals surface area contributed by atoms with Crippen molar-refractivity contribution in [3.8, 4) is 0 Å². The predicted octanol–water partition coefficient (Wildman–Crippen LogP) is 2.72. The van der Waals surface area contributed by atoms with Crippen LogP contribution in [-0.4, -0.2) is 11.5 Å². The van der Waals surface area contributed by atoms with Gasteiger partial charge in [-0.1, -0.05) is 18.2 Å². The van der Waals surface area contributed by atoms with Gasteiger partial charge in [0, 0.05) is 24.5 Å². The number of aromatic nitrogens is 1. The summed E-state index contributed by atoms with van der Waals surface area (Å²) >= 11 is 0. The first-order valence-electron chi connectivity index (χ1n) is 7.41. The van der Waals surface area contributed by atoms with Gasteiger partial charge in [-0.3, -0.25) is 0 Å². The van der Waals surface area contributed by atoms with Crippen molar-refractivity contribution in [2.75, 3.05) is 17.2 Å². The van der Waals surface area contributed by atoms with Crippen LogP contribution in [0.2, 0.25) is 0 Å². The lowest BCUT2D eigenvalue weighted by atomic mass is 9.98. The molecule has 20 heavy (non-hydrogen) atoms. The maximum absolute atomic E-state index is 6.12. The number of fused-ring (bicyclic) bond motifs is 2. The van der Waals surface area contributed by atoms with Gasteiger partial charge in [0.2, 0.25) is 0 Å². The number of nitrogen functional groups attached to an aromatic ring is 1. The van der Waals surface area contributed by atoms with Crippen molar-refractivity contribution in [2.24, 2.45) is 0 Å². The van der Waals surface area contributed by atoms with Gasteiger partial charge in [0.25, 0.3) is 0 Å². The minimum absolute atomic E-state index is 0.883. The van der Waals surface area contributed by atoms with Crippen LogP contribution in [0, 0.1) is 0 Å². The third-order valence-corrected chi connectivity index (χ3v) is 4.55. The Kier molecular flexibility index (Phi) is 2.66. The number of pyridine rings is 1. The Morgan fingerprint density at radius 2 is 1.95 bits per heavy atom. The van der Waals surface area contributed by atoms with Crippen LogP contribution >= 0.6 is 0 Å². The average Bonchev–Trinajstić information content (AvgIpc) is 2.95. The molecule has 0 spiro atoms. The predicted molar refractivity (Wildman–Crippen MR) is 81.9 cm³/mol. The van der Waals surface area contributed by atoms with Gasteiger partial charge in [0.15, 0.2) is 0 Å². The quantitative estimate of drug-likeness (QED) is 0.806. The van der Waals surface area contributed by atoms with E-state index < -0.39 is 0 Å². The molecule has 1 aliphatic heterocycles. The summed E-state index contributed by atoms with van der Waals surface area (Å²) in [5.41, 5.74) is 12.4. The minimum Gasteiger partial charge on any atom is -0.398 e. The van der Waals surface area contributed by atoms with Gasteiger partial charge in [-0.15, -0.1) is 0 Å². The number of hydrogen-bond acceptors (Lipinski definition) is 3. The minimum atomic E-state index is 0.883. The molecule has 2 heterocycles. The van der Waals surface area contributed by atoms with Crippen LogP contribution in [0.5, 0.6) is 0 Å². The molecule has 3 nitrogen and oxygen atoms in total. The molecular weight excluding hydrogens is 246 g/mol. The monoisotopic (exact) mass is 265 g/mol. The van der Waals surface area contributed by atoms with Crippen molar-refractivity contribution in [1.29, 1.82) is 0 Å². The maximum atomic E-state index is 6.12. The maximum Gasteiger partial charge on any atom is 0.129 e. The van der Waals surface area contributed by atoms with Crippen LogP contribution in [0.3, 0.4) is 0 Å². The fourth-order valence-corrected chi connectivity index (χ4v) is 3.39. The number of aryl methyl sites for hydroxylation is 2. The van der Waals surface area contributed by atoms with Crippen LogP contribution in [0.15, 0.2) is 30.3 Å². The number of nitrogens with two attached hydrogens (primary N) is 1.